The molecular formula is C55H38N4. The molecule has 59 heavy (non-hydrogen) atoms. The first-order valence-electron chi connectivity index (χ1n) is 20.1. The minimum absolute atomic E-state index is 0.0959. The zero-order valence-corrected chi connectivity index (χ0v) is 32.2. The van der Waals surface area contributed by atoms with Gasteiger partial charge in [0, 0.05) is 22.1 Å². The van der Waals surface area contributed by atoms with Gasteiger partial charge in [0.2, 0.25) is 0 Å². The smallest absolute Gasteiger partial charge is 0.134 e. The molecule has 1 atom stereocenters. The van der Waals surface area contributed by atoms with Crippen molar-refractivity contribution < 1.29 is 0 Å². The Hall–Kier alpha value is -7.82. The van der Waals surface area contributed by atoms with Crippen LogP contribution in [0.15, 0.2) is 223 Å². The van der Waals surface area contributed by atoms with Gasteiger partial charge in [0.25, 0.3) is 0 Å². The van der Waals surface area contributed by atoms with Crippen LogP contribution in [-0.4, -0.2) is 15.2 Å². The molecule has 0 fully saturated rings. The second-order valence-electron chi connectivity index (χ2n) is 15.1. The Balaban J connectivity index is 0.977. The zero-order chi connectivity index (χ0) is 39.1. The minimum Gasteiger partial charge on any atom is -0.359 e. The molecule has 1 aliphatic rings. The molecule has 3 heterocycles. The van der Waals surface area contributed by atoms with Crippen molar-refractivity contribution >= 4 is 39.0 Å². The second kappa shape index (κ2) is 14.6. The summed E-state index contributed by atoms with van der Waals surface area (Å²) >= 11 is 0. The van der Waals surface area contributed by atoms with Gasteiger partial charge < -0.3 is 9.72 Å². The second-order valence-corrected chi connectivity index (χ2v) is 15.1. The van der Waals surface area contributed by atoms with Gasteiger partial charge in [-0.1, -0.05) is 170 Å². The molecule has 1 unspecified atom stereocenters. The van der Waals surface area contributed by atoms with Crippen molar-refractivity contribution in [1.29, 1.82) is 0 Å². The lowest BCUT2D eigenvalue weighted by Gasteiger charge is -2.25. The first-order valence-corrected chi connectivity index (χ1v) is 20.1. The number of fused-ring (bicyclic) bond motifs is 5. The van der Waals surface area contributed by atoms with Crippen molar-refractivity contribution in [1.82, 2.24) is 14.7 Å². The molecule has 0 spiro atoms. The van der Waals surface area contributed by atoms with Crippen LogP contribution in [0.2, 0.25) is 0 Å². The topological polar surface area (TPSA) is 41.7 Å². The molecule has 11 rings (SSSR count). The standard InChI is InChI=1S/C55H38N4/c1-3-14-37(15-4-1)41-19-11-22-44(32-41)49-36-50(58-55(57-49)47-24-13-21-43(34-47)38-16-5-2-6-17-38)45-23-12-20-42(33-45)39-28-30-40(31-29-39)54-53-35-46-18-7-9-26-51(46)59(53)52-27-10-8-25-48(52)56-54/h1-36,49H,(H,57,58). The van der Waals surface area contributed by atoms with E-state index in [4.69, 9.17) is 9.98 Å². The SMILES string of the molecule is C1=C(c2cccc(-c3ccc(-c4nc5ccccc5n5c4cc4ccccc45)cc3)c2)N=C(c2cccc(-c3ccccc3)c2)NC1c1cccc(-c2ccccc2)c1. The lowest BCUT2D eigenvalue weighted by molar-refractivity contribution is 0.781. The van der Waals surface area contributed by atoms with Crippen LogP contribution in [0.1, 0.15) is 22.7 Å². The summed E-state index contributed by atoms with van der Waals surface area (Å²) in [5.74, 6) is 0.845. The molecule has 0 saturated heterocycles. The number of benzene rings is 8. The van der Waals surface area contributed by atoms with Crippen molar-refractivity contribution in [2.75, 3.05) is 0 Å². The van der Waals surface area contributed by atoms with Gasteiger partial charge in [0.15, 0.2) is 0 Å². The van der Waals surface area contributed by atoms with Crippen molar-refractivity contribution in [2.24, 2.45) is 4.99 Å². The maximum Gasteiger partial charge on any atom is 0.134 e. The van der Waals surface area contributed by atoms with Crippen LogP contribution in [0, 0.1) is 0 Å². The van der Waals surface area contributed by atoms with Crippen LogP contribution >= 0.6 is 0 Å². The molecular weight excluding hydrogens is 717 g/mol. The Morgan fingerprint density at radius 1 is 0.390 bits per heavy atom. The molecule has 1 N–H and O–H groups in total. The van der Waals surface area contributed by atoms with E-state index in [2.05, 4.69) is 228 Å². The first kappa shape index (κ1) is 34.4. The Kier molecular flexibility index (Phi) is 8.52. The molecule has 4 heteroatoms. The van der Waals surface area contributed by atoms with E-state index in [1.54, 1.807) is 0 Å². The highest BCUT2D eigenvalue weighted by atomic mass is 15.0. The Bertz CT molecular complexity index is 3230. The van der Waals surface area contributed by atoms with Gasteiger partial charge in [0.1, 0.15) is 5.84 Å². The van der Waals surface area contributed by atoms with E-state index in [0.29, 0.717) is 0 Å². The number of nitrogens with zero attached hydrogens (tertiary/aromatic N) is 3. The van der Waals surface area contributed by atoms with Crippen molar-refractivity contribution in [3.8, 4) is 44.6 Å². The Labute approximate surface area is 343 Å². The highest BCUT2D eigenvalue weighted by Gasteiger charge is 2.21. The van der Waals surface area contributed by atoms with Gasteiger partial charge in [-0.2, -0.15) is 0 Å². The van der Waals surface area contributed by atoms with E-state index in [1.165, 1.54) is 33.2 Å². The average molecular weight is 755 g/mol. The largest absolute Gasteiger partial charge is 0.359 e. The van der Waals surface area contributed by atoms with Crippen LogP contribution in [-0.2, 0) is 0 Å². The fraction of sp³-hybridized carbons (Fsp3) is 0.0182. The van der Waals surface area contributed by atoms with E-state index in [-0.39, 0.29) is 6.04 Å². The summed E-state index contributed by atoms with van der Waals surface area (Å²) in [7, 11) is 0. The average Bonchev–Trinajstić information content (AvgIpc) is 3.72. The zero-order valence-electron chi connectivity index (χ0n) is 32.2. The van der Waals surface area contributed by atoms with Crippen LogP contribution in [0.3, 0.4) is 0 Å². The quantitative estimate of drug-likeness (QED) is 0.176. The molecule has 0 amide bonds. The molecule has 0 radical (unpaired) electrons. The van der Waals surface area contributed by atoms with Crippen molar-refractivity contribution in [3.05, 3.63) is 235 Å². The molecule has 278 valence electrons. The molecule has 10 aromatic rings. The Morgan fingerprint density at radius 2 is 0.932 bits per heavy atom. The van der Waals surface area contributed by atoms with Crippen LogP contribution in [0.4, 0.5) is 0 Å². The van der Waals surface area contributed by atoms with Gasteiger partial charge in [-0.15, -0.1) is 0 Å². The summed E-state index contributed by atoms with van der Waals surface area (Å²) in [6, 6.07) is 75.2. The molecule has 0 aliphatic carbocycles. The number of hydrogen-bond acceptors (Lipinski definition) is 3. The fourth-order valence-corrected chi connectivity index (χ4v) is 8.45. The number of aromatic nitrogens is 2. The third-order valence-corrected chi connectivity index (χ3v) is 11.4. The predicted molar refractivity (Wildman–Crippen MR) is 245 cm³/mol. The number of amidine groups is 1. The maximum absolute atomic E-state index is 5.33. The summed E-state index contributed by atoms with van der Waals surface area (Å²) in [5.41, 5.74) is 17.6. The summed E-state index contributed by atoms with van der Waals surface area (Å²) < 4.78 is 2.34. The summed E-state index contributed by atoms with van der Waals surface area (Å²) in [5, 5.41) is 5.01. The van der Waals surface area contributed by atoms with Gasteiger partial charge in [-0.05, 0) is 87.5 Å². The third kappa shape index (κ3) is 6.47. The number of para-hydroxylation sites is 3. The lowest BCUT2D eigenvalue weighted by atomic mass is 9.95. The first-order chi connectivity index (χ1) is 29.2. The van der Waals surface area contributed by atoms with E-state index < -0.39 is 0 Å². The third-order valence-electron chi connectivity index (χ3n) is 11.4. The van der Waals surface area contributed by atoms with Gasteiger partial charge in [-0.25, -0.2) is 9.98 Å². The van der Waals surface area contributed by atoms with Gasteiger partial charge in [-0.3, -0.25) is 0 Å². The molecule has 1 aliphatic heterocycles. The lowest BCUT2D eigenvalue weighted by Crippen LogP contribution is -2.31. The normalized spacial score (nSPS) is 13.9. The molecule has 2 aromatic heterocycles. The molecule has 0 saturated carbocycles. The highest BCUT2D eigenvalue weighted by molar-refractivity contribution is 6.04. The monoisotopic (exact) mass is 754 g/mol. The molecule has 4 nitrogen and oxygen atoms in total. The predicted octanol–water partition coefficient (Wildman–Crippen LogP) is 13.4. The number of nitrogens with one attached hydrogen (secondary N) is 1. The highest BCUT2D eigenvalue weighted by Crippen LogP contribution is 2.35. The minimum atomic E-state index is -0.0959. The number of aliphatic imine (C=N–C) groups is 1. The van der Waals surface area contributed by atoms with Crippen LogP contribution < -0.4 is 5.32 Å². The summed E-state index contributed by atoms with van der Waals surface area (Å²) in [6.45, 7) is 0. The van der Waals surface area contributed by atoms with E-state index >= 15 is 0 Å². The summed E-state index contributed by atoms with van der Waals surface area (Å²) in [6.07, 6.45) is 2.26. The fourth-order valence-electron chi connectivity index (χ4n) is 8.45. The number of hydrogen-bond donors (Lipinski definition) is 1. The van der Waals surface area contributed by atoms with Crippen LogP contribution in [0.5, 0.6) is 0 Å². The van der Waals surface area contributed by atoms with E-state index in [0.717, 1.165) is 67.2 Å². The van der Waals surface area contributed by atoms with Gasteiger partial charge in [0.05, 0.1) is 39.5 Å². The van der Waals surface area contributed by atoms with E-state index in [1.807, 2.05) is 0 Å². The van der Waals surface area contributed by atoms with Crippen molar-refractivity contribution in [3.63, 3.8) is 0 Å². The molecule has 8 aromatic carbocycles. The van der Waals surface area contributed by atoms with Crippen LogP contribution in [0.25, 0.3) is 77.8 Å². The van der Waals surface area contributed by atoms with Gasteiger partial charge >= 0.3 is 0 Å². The number of rotatable bonds is 7. The summed E-state index contributed by atoms with van der Waals surface area (Å²) in [4.78, 5) is 10.5. The molecule has 0 bridgehead atoms. The van der Waals surface area contributed by atoms with Crippen molar-refractivity contribution in [2.45, 2.75) is 6.04 Å². The maximum atomic E-state index is 5.33. The Morgan fingerprint density at radius 3 is 1.68 bits per heavy atom. The van der Waals surface area contributed by atoms with E-state index in [9.17, 15) is 0 Å².